The first-order valence-corrected chi connectivity index (χ1v) is 11.0. The summed E-state index contributed by atoms with van der Waals surface area (Å²) >= 11 is 0. The van der Waals surface area contributed by atoms with Crippen molar-refractivity contribution in [2.45, 2.75) is 38.1 Å². The van der Waals surface area contributed by atoms with Crippen LogP contribution in [0.2, 0.25) is 0 Å². The Labute approximate surface area is 202 Å². The number of hydrogen-bond donors (Lipinski definition) is 1. The van der Waals surface area contributed by atoms with Gasteiger partial charge in [0.05, 0.1) is 25.0 Å². The molecule has 1 amide bonds. The lowest BCUT2D eigenvalue weighted by Gasteiger charge is -2.30. The molecule has 192 valence electrons. The molecule has 3 aromatic rings. The average molecular weight is 512 g/mol. The Morgan fingerprint density at radius 1 is 1.11 bits per heavy atom. The summed E-state index contributed by atoms with van der Waals surface area (Å²) in [6.45, 7) is -0.310. The van der Waals surface area contributed by atoms with E-state index in [-0.39, 0.29) is 49.4 Å². The number of rotatable bonds is 6. The van der Waals surface area contributed by atoms with Crippen LogP contribution in [0.25, 0.3) is 11.3 Å². The quantitative estimate of drug-likeness (QED) is 0.395. The molecule has 1 aliphatic rings. The number of nitrogens with zero attached hydrogens (tertiary/aromatic N) is 3. The molecule has 0 bridgehead atoms. The summed E-state index contributed by atoms with van der Waals surface area (Å²) in [6.07, 6.45) is -5.20. The molecule has 2 heterocycles. The van der Waals surface area contributed by atoms with Crippen molar-refractivity contribution in [2.75, 3.05) is 13.7 Å². The smallest absolute Gasteiger partial charge is 0.449 e. The van der Waals surface area contributed by atoms with E-state index in [0.29, 0.717) is 23.4 Å². The third-order valence-electron chi connectivity index (χ3n) is 5.96. The van der Waals surface area contributed by atoms with Crippen molar-refractivity contribution in [3.05, 3.63) is 70.9 Å². The summed E-state index contributed by atoms with van der Waals surface area (Å²) in [6, 6.07) is 6.58. The van der Waals surface area contributed by atoms with Gasteiger partial charge in [0.2, 0.25) is 11.7 Å². The molecular weight excluding hydrogens is 490 g/mol. The van der Waals surface area contributed by atoms with E-state index in [1.165, 1.54) is 12.0 Å². The average Bonchev–Trinajstić information content (AvgIpc) is 3.22. The highest BCUT2D eigenvalue weighted by molar-refractivity contribution is 5.77. The molecule has 0 fully saturated rings. The van der Waals surface area contributed by atoms with Gasteiger partial charge in [-0.2, -0.15) is 13.2 Å². The van der Waals surface area contributed by atoms with E-state index >= 15 is 0 Å². The van der Waals surface area contributed by atoms with E-state index in [2.05, 4.69) is 4.98 Å². The van der Waals surface area contributed by atoms with Crippen LogP contribution in [0.5, 0.6) is 5.75 Å². The fraction of sp³-hybridized carbons (Fsp3) is 0.333. The number of hydrogen-bond acceptors (Lipinski definition) is 4. The van der Waals surface area contributed by atoms with Gasteiger partial charge in [0.15, 0.2) is 11.6 Å². The molecule has 36 heavy (non-hydrogen) atoms. The SMILES string of the molecule is COc1cccc(-c2nc(C(F)(F)F)n3c2CN(C(=O)C[C@H](N)Cc2cc(F)c(F)cc2F)CC3)c1. The second-order valence-electron chi connectivity index (χ2n) is 8.45. The van der Waals surface area contributed by atoms with Gasteiger partial charge in [0, 0.05) is 37.2 Å². The molecule has 1 aromatic heterocycles. The van der Waals surface area contributed by atoms with Crippen LogP contribution in [0.3, 0.4) is 0 Å². The molecule has 0 aliphatic carbocycles. The predicted molar refractivity (Wildman–Crippen MR) is 117 cm³/mol. The Balaban J connectivity index is 1.56. The van der Waals surface area contributed by atoms with Crippen molar-refractivity contribution < 1.29 is 35.9 Å². The number of benzene rings is 2. The first-order chi connectivity index (χ1) is 17.0. The number of halogens is 6. The van der Waals surface area contributed by atoms with Crippen LogP contribution in [0.15, 0.2) is 36.4 Å². The molecule has 12 heteroatoms. The largest absolute Gasteiger partial charge is 0.497 e. The molecular formula is C24H22F6N4O2. The highest BCUT2D eigenvalue weighted by atomic mass is 19.4. The van der Waals surface area contributed by atoms with Crippen LogP contribution in [0, 0.1) is 17.5 Å². The van der Waals surface area contributed by atoms with Crippen LogP contribution < -0.4 is 10.5 Å². The number of carbonyl (C=O) groups excluding carboxylic acids is 1. The van der Waals surface area contributed by atoms with Gasteiger partial charge in [-0.15, -0.1) is 0 Å². The fourth-order valence-electron chi connectivity index (χ4n) is 4.23. The normalized spacial score (nSPS) is 14.5. The summed E-state index contributed by atoms with van der Waals surface area (Å²) in [5.41, 5.74) is 6.47. The molecule has 2 aromatic carbocycles. The Morgan fingerprint density at radius 2 is 1.83 bits per heavy atom. The molecule has 6 nitrogen and oxygen atoms in total. The minimum absolute atomic E-state index is 0.0188. The van der Waals surface area contributed by atoms with Crippen molar-refractivity contribution in [3.8, 4) is 17.0 Å². The van der Waals surface area contributed by atoms with Gasteiger partial charge in [0.1, 0.15) is 11.6 Å². The summed E-state index contributed by atoms with van der Waals surface area (Å²) in [7, 11) is 1.43. The van der Waals surface area contributed by atoms with E-state index in [1.54, 1.807) is 24.3 Å². The third-order valence-corrected chi connectivity index (χ3v) is 5.96. The van der Waals surface area contributed by atoms with E-state index in [0.717, 1.165) is 4.57 Å². The molecule has 1 aliphatic heterocycles. The number of amides is 1. The van der Waals surface area contributed by atoms with E-state index in [9.17, 15) is 31.1 Å². The highest BCUT2D eigenvalue weighted by Gasteiger charge is 2.41. The molecule has 0 radical (unpaired) electrons. The monoisotopic (exact) mass is 512 g/mol. The minimum Gasteiger partial charge on any atom is -0.497 e. The maximum atomic E-state index is 13.9. The number of aromatic nitrogens is 2. The Bertz CT molecular complexity index is 1290. The van der Waals surface area contributed by atoms with Crippen LogP contribution in [-0.2, 0) is 30.5 Å². The molecule has 4 rings (SSSR count). The number of alkyl halides is 3. The van der Waals surface area contributed by atoms with Crippen LogP contribution in [0.1, 0.15) is 23.5 Å². The number of methoxy groups -OCH3 is 1. The first kappa shape index (κ1) is 25.5. The summed E-state index contributed by atoms with van der Waals surface area (Å²) in [5.74, 6) is -4.66. The summed E-state index contributed by atoms with van der Waals surface area (Å²) < 4.78 is 87.8. The highest BCUT2D eigenvalue weighted by Crippen LogP contribution is 2.36. The predicted octanol–water partition coefficient (Wildman–Crippen LogP) is 4.30. The first-order valence-electron chi connectivity index (χ1n) is 11.0. The molecule has 0 unspecified atom stereocenters. The second kappa shape index (κ2) is 9.84. The lowest BCUT2D eigenvalue weighted by atomic mass is 10.0. The number of imidazole rings is 1. The van der Waals surface area contributed by atoms with Gasteiger partial charge in [0.25, 0.3) is 0 Å². The van der Waals surface area contributed by atoms with Gasteiger partial charge in [-0.3, -0.25) is 4.79 Å². The molecule has 2 N–H and O–H groups in total. The Kier molecular flexibility index (Phi) is 6.98. The van der Waals surface area contributed by atoms with E-state index in [4.69, 9.17) is 10.5 Å². The zero-order valence-electron chi connectivity index (χ0n) is 19.1. The maximum Gasteiger partial charge on any atom is 0.449 e. The van der Waals surface area contributed by atoms with Crippen LogP contribution >= 0.6 is 0 Å². The minimum atomic E-state index is -4.70. The van der Waals surface area contributed by atoms with Gasteiger partial charge < -0.3 is 19.9 Å². The van der Waals surface area contributed by atoms with Crippen molar-refractivity contribution >= 4 is 5.91 Å². The summed E-state index contributed by atoms with van der Waals surface area (Å²) in [5, 5.41) is 0. The van der Waals surface area contributed by atoms with Gasteiger partial charge in [-0.05, 0) is 30.2 Å². The molecule has 0 spiro atoms. The zero-order valence-corrected chi connectivity index (χ0v) is 19.1. The number of ether oxygens (including phenoxy) is 1. The maximum absolute atomic E-state index is 13.9. The van der Waals surface area contributed by atoms with Crippen LogP contribution in [-0.4, -0.2) is 40.1 Å². The van der Waals surface area contributed by atoms with Crippen molar-refractivity contribution in [2.24, 2.45) is 5.73 Å². The standard InChI is InChI=1S/C24H22F6N4O2/c1-36-16-4-2-3-13(8-16)22-20-12-33(5-6-34(20)23(32-22)24(28,29)30)21(35)10-15(31)7-14-9-18(26)19(27)11-17(14)25/h2-4,8-9,11,15H,5-7,10,12,31H2,1H3/t15-/m1/s1. The Hall–Kier alpha value is -3.54. The van der Waals surface area contributed by atoms with Crippen molar-refractivity contribution in [3.63, 3.8) is 0 Å². The van der Waals surface area contributed by atoms with Crippen LogP contribution in [0.4, 0.5) is 26.3 Å². The van der Waals surface area contributed by atoms with Gasteiger partial charge >= 0.3 is 6.18 Å². The third kappa shape index (κ3) is 5.18. The van der Waals surface area contributed by atoms with E-state index in [1.807, 2.05) is 0 Å². The lowest BCUT2D eigenvalue weighted by Crippen LogP contribution is -2.42. The summed E-state index contributed by atoms with van der Waals surface area (Å²) in [4.78, 5) is 18.1. The van der Waals surface area contributed by atoms with Crippen molar-refractivity contribution in [1.29, 1.82) is 0 Å². The Morgan fingerprint density at radius 3 is 2.53 bits per heavy atom. The molecule has 0 saturated heterocycles. The molecule has 0 saturated carbocycles. The topological polar surface area (TPSA) is 73.4 Å². The molecule has 1 atom stereocenters. The number of nitrogens with two attached hydrogens (primary N) is 1. The zero-order chi connectivity index (χ0) is 26.2. The number of carbonyl (C=O) groups is 1. The van der Waals surface area contributed by atoms with Gasteiger partial charge in [-0.1, -0.05) is 12.1 Å². The van der Waals surface area contributed by atoms with Crippen molar-refractivity contribution in [1.82, 2.24) is 14.5 Å². The fourth-order valence-corrected chi connectivity index (χ4v) is 4.23. The lowest BCUT2D eigenvalue weighted by molar-refractivity contribution is -0.148. The number of fused-ring (bicyclic) bond motifs is 1. The van der Waals surface area contributed by atoms with Gasteiger partial charge in [-0.25, -0.2) is 18.2 Å². The second-order valence-corrected chi connectivity index (χ2v) is 8.45. The van der Waals surface area contributed by atoms with E-state index < -0.39 is 41.4 Å².